The van der Waals surface area contributed by atoms with Crippen LogP contribution in [-0.4, -0.2) is 16.7 Å². The second-order valence-electron chi connectivity index (χ2n) is 3.22. The number of esters is 1. The van der Waals surface area contributed by atoms with Crippen molar-refractivity contribution in [3.05, 3.63) is 49.7 Å². The van der Waals surface area contributed by atoms with Crippen LogP contribution in [0.3, 0.4) is 0 Å². The summed E-state index contributed by atoms with van der Waals surface area (Å²) in [4.78, 5) is 24.6. The summed E-state index contributed by atoms with van der Waals surface area (Å²) in [6.45, 7) is 13.9. The van der Waals surface area contributed by atoms with Crippen molar-refractivity contribution in [2.75, 3.05) is 0 Å². The minimum atomic E-state index is -0.736. The highest BCUT2D eigenvalue weighted by atomic mass is 16.5. The zero-order valence-electron chi connectivity index (χ0n) is 10.2. The molecule has 0 aliphatic heterocycles. The molecule has 0 heterocycles. The molecule has 92 valence electrons. The fraction of sp³-hybridized carbons (Fsp3) is 0.231. The average Bonchev–Trinajstić information content (AvgIpc) is 2.29. The van der Waals surface area contributed by atoms with Crippen molar-refractivity contribution < 1.29 is 14.3 Å². The van der Waals surface area contributed by atoms with Gasteiger partial charge in [0.2, 0.25) is 0 Å². The van der Waals surface area contributed by atoms with E-state index in [2.05, 4.69) is 24.5 Å². The van der Waals surface area contributed by atoms with Crippen LogP contribution in [0, 0.1) is 0 Å². The summed E-state index contributed by atoms with van der Waals surface area (Å²) in [5, 5.41) is 0. The molecule has 4 heteroatoms. The molecule has 0 aliphatic carbocycles. The Morgan fingerprint density at radius 3 is 2.29 bits per heavy atom. The predicted molar refractivity (Wildman–Crippen MR) is 66.5 cm³/mol. The van der Waals surface area contributed by atoms with Crippen LogP contribution in [-0.2, 0) is 14.3 Å². The molecule has 0 aliphatic rings. The summed E-state index contributed by atoms with van der Waals surface area (Å²) >= 11 is 0. The third kappa shape index (κ3) is 4.51. The van der Waals surface area contributed by atoms with Crippen molar-refractivity contribution >= 4 is 11.8 Å². The Morgan fingerprint density at radius 2 is 1.94 bits per heavy atom. The average molecular weight is 235 g/mol. The highest BCUT2D eigenvalue weighted by Gasteiger charge is 2.18. The highest BCUT2D eigenvalue weighted by Crippen LogP contribution is 2.10. The van der Waals surface area contributed by atoms with E-state index in [0.717, 1.165) is 6.26 Å². The second kappa shape index (κ2) is 7.22. The van der Waals surface area contributed by atoms with E-state index in [4.69, 9.17) is 0 Å². The van der Waals surface area contributed by atoms with Crippen molar-refractivity contribution in [3.63, 3.8) is 0 Å². The van der Waals surface area contributed by atoms with Crippen molar-refractivity contribution in [3.8, 4) is 0 Å². The molecule has 0 aromatic carbocycles. The first kappa shape index (κ1) is 14.9. The zero-order valence-corrected chi connectivity index (χ0v) is 10.2. The number of nitrogens with zero attached hydrogens (tertiary/aromatic N) is 1. The number of carbonyl (C=O) groups is 2. The molecule has 4 nitrogen and oxygen atoms in total. The van der Waals surface area contributed by atoms with Crippen LogP contribution >= 0.6 is 0 Å². The summed E-state index contributed by atoms with van der Waals surface area (Å²) in [5.74, 6) is -1.05. The van der Waals surface area contributed by atoms with E-state index in [-0.39, 0.29) is 17.8 Å². The quantitative estimate of drug-likeness (QED) is 0.224. The number of carbonyl (C=O) groups excluding carboxylic acids is 2. The van der Waals surface area contributed by atoms with Gasteiger partial charge < -0.3 is 9.64 Å². The van der Waals surface area contributed by atoms with Gasteiger partial charge in [-0.3, -0.25) is 4.79 Å². The molecule has 0 aromatic heterocycles. The molecule has 0 saturated heterocycles. The number of allylic oxidation sites excluding steroid dienone is 1. The number of Topliss-reactive ketones (excluding diaryl/α,β-unsaturated/α-hetero) is 1. The first-order valence-corrected chi connectivity index (χ1v) is 5.11. The molecular weight excluding hydrogens is 218 g/mol. The maximum Gasteiger partial charge on any atom is 0.348 e. The molecule has 0 aromatic rings. The van der Waals surface area contributed by atoms with Gasteiger partial charge in [-0.15, -0.1) is 0 Å². The largest absolute Gasteiger partial charge is 0.431 e. The van der Waals surface area contributed by atoms with Gasteiger partial charge in [-0.1, -0.05) is 26.7 Å². The number of hydrogen-bond acceptors (Lipinski definition) is 4. The number of rotatable bonds is 7. The van der Waals surface area contributed by atoms with E-state index in [9.17, 15) is 9.59 Å². The Kier molecular flexibility index (Phi) is 6.33. The van der Waals surface area contributed by atoms with Crippen molar-refractivity contribution in [2.45, 2.75) is 20.3 Å². The summed E-state index contributed by atoms with van der Waals surface area (Å²) in [7, 11) is 0. The SMILES string of the molecule is C=COC(=O)C(=CN(C=C)C(=C)C)C(=O)CC. The monoisotopic (exact) mass is 235 g/mol. The van der Waals surface area contributed by atoms with E-state index >= 15 is 0 Å². The number of hydrogen-bond donors (Lipinski definition) is 0. The fourth-order valence-corrected chi connectivity index (χ4v) is 1.03. The smallest absolute Gasteiger partial charge is 0.348 e. The third-order valence-corrected chi connectivity index (χ3v) is 1.94. The minimum Gasteiger partial charge on any atom is -0.431 e. The molecule has 0 saturated carbocycles. The van der Waals surface area contributed by atoms with Gasteiger partial charge in [-0.2, -0.15) is 0 Å². The van der Waals surface area contributed by atoms with E-state index < -0.39 is 5.97 Å². The van der Waals surface area contributed by atoms with Crippen LogP contribution in [0.2, 0.25) is 0 Å². The molecule has 0 fully saturated rings. The topological polar surface area (TPSA) is 46.6 Å². The van der Waals surface area contributed by atoms with Crippen LogP contribution < -0.4 is 0 Å². The van der Waals surface area contributed by atoms with Crippen LogP contribution in [0.25, 0.3) is 0 Å². The summed E-state index contributed by atoms with van der Waals surface area (Å²) in [5.41, 5.74) is 0.572. The number of ketones is 1. The Morgan fingerprint density at radius 1 is 1.35 bits per heavy atom. The summed E-state index contributed by atoms with van der Waals surface area (Å²) in [6, 6.07) is 0. The Hall–Kier alpha value is -2.10. The lowest BCUT2D eigenvalue weighted by molar-refractivity contribution is -0.135. The highest BCUT2D eigenvalue weighted by molar-refractivity contribution is 6.17. The standard InChI is InChI=1S/C13H17NO3/c1-6-12(15)11(13(16)17-8-3)9-14(7-2)10(4)5/h7-9H,2-4,6H2,1,5H3. The lowest BCUT2D eigenvalue weighted by atomic mass is 10.1. The number of ether oxygens (including phenoxy) is 1. The van der Waals surface area contributed by atoms with E-state index in [1.165, 1.54) is 17.3 Å². The van der Waals surface area contributed by atoms with Gasteiger partial charge >= 0.3 is 5.97 Å². The lowest BCUT2D eigenvalue weighted by Gasteiger charge is -2.15. The van der Waals surface area contributed by atoms with Gasteiger partial charge in [-0.25, -0.2) is 4.79 Å². The van der Waals surface area contributed by atoms with Crippen molar-refractivity contribution in [1.82, 2.24) is 4.90 Å². The molecule has 0 spiro atoms. The van der Waals surface area contributed by atoms with Gasteiger partial charge in [0.15, 0.2) is 5.78 Å². The molecule has 0 unspecified atom stereocenters. The normalized spacial score (nSPS) is 10.4. The second-order valence-corrected chi connectivity index (χ2v) is 3.22. The van der Waals surface area contributed by atoms with Gasteiger partial charge in [0.05, 0.1) is 6.26 Å². The summed E-state index contributed by atoms with van der Waals surface area (Å²) in [6.07, 6.45) is 4.00. The maximum atomic E-state index is 11.6. The van der Waals surface area contributed by atoms with Crippen LogP contribution in [0.5, 0.6) is 0 Å². The third-order valence-electron chi connectivity index (χ3n) is 1.94. The Labute approximate surface area is 102 Å². The summed E-state index contributed by atoms with van der Waals surface area (Å²) < 4.78 is 4.60. The van der Waals surface area contributed by atoms with Crippen LogP contribution in [0.1, 0.15) is 20.3 Å². The minimum absolute atomic E-state index is 0.0599. The zero-order chi connectivity index (χ0) is 13.4. The van der Waals surface area contributed by atoms with E-state index in [1.54, 1.807) is 13.8 Å². The van der Waals surface area contributed by atoms with Gasteiger partial charge in [-0.05, 0) is 6.92 Å². The van der Waals surface area contributed by atoms with Crippen molar-refractivity contribution in [2.24, 2.45) is 0 Å². The molecule has 0 bridgehead atoms. The fourth-order valence-electron chi connectivity index (χ4n) is 1.03. The molecular formula is C13H17NO3. The van der Waals surface area contributed by atoms with Crippen LogP contribution in [0.4, 0.5) is 0 Å². The Balaban J connectivity index is 5.29. The predicted octanol–water partition coefficient (Wildman–Crippen LogP) is 2.52. The first-order chi connectivity index (χ1) is 7.97. The molecule has 0 radical (unpaired) electrons. The molecule has 0 rings (SSSR count). The lowest BCUT2D eigenvalue weighted by Crippen LogP contribution is -2.17. The molecule has 17 heavy (non-hydrogen) atoms. The van der Waals surface area contributed by atoms with Gasteiger partial charge in [0, 0.05) is 24.5 Å². The van der Waals surface area contributed by atoms with Crippen molar-refractivity contribution in [1.29, 1.82) is 0 Å². The molecule has 0 atom stereocenters. The van der Waals surface area contributed by atoms with E-state index in [0.29, 0.717) is 5.70 Å². The first-order valence-electron chi connectivity index (χ1n) is 5.11. The van der Waals surface area contributed by atoms with E-state index in [1.807, 2.05) is 0 Å². The van der Waals surface area contributed by atoms with Crippen LogP contribution in [0.15, 0.2) is 49.7 Å². The van der Waals surface area contributed by atoms with Gasteiger partial charge in [0.1, 0.15) is 5.57 Å². The Bertz CT molecular complexity index is 380. The molecule has 0 amide bonds. The maximum absolute atomic E-state index is 11.6. The molecule has 0 N–H and O–H groups in total. The van der Waals surface area contributed by atoms with Gasteiger partial charge in [0.25, 0.3) is 0 Å².